The zero-order valence-electron chi connectivity index (χ0n) is 21.9. The molecule has 2 unspecified atom stereocenters. The van der Waals surface area contributed by atoms with Gasteiger partial charge >= 0.3 is 5.97 Å². The van der Waals surface area contributed by atoms with Crippen molar-refractivity contribution in [3.63, 3.8) is 0 Å². The Hall–Kier alpha value is -3.60. The van der Waals surface area contributed by atoms with Crippen molar-refractivity contribution in [3.05, 3.63) is 89.5 Å². The molecule has 0 radical (unpaired) electrons. The second-order valence-corrected chi connectivity index (χ2v) is 11.3. The standard InChI is InChI=1S/C32H36N2O3/c1-21-16-22-18-23(17-21)20-32(2,19-22)25-10-14-27(15-11-25)33-26-12-8-24(9-13-26)30(35)34-29-7-5-4-6-28(29)31(36)37-3/h4-15,21-23,33H,16-20H2,1-3H3,(H,34,35). The van der Waals surface area contributed by atoms with Crippen molar-refractivity contribution >= 4 is 28.9 Å². The third-order valence-corrected chi connectivity index (χ3v) is 8.21. The Balaban J connectivity index is 1.22. The van der Waals surface area contributed by atoms with Gasteiger partial charge in [-0.2, -0.15) is 0 Å². The van der Waals surface area contributed by atoms with Crippen LogP contribution in [0.15, 0.2) is 72.8 Å². The topological polar surface area (TPSA) is 67.4 Å². The number of rotatable bonds is 6. The van der Waals surface area contributed by atoms with Gasteiger partial charge in [0.05, 0.1) is 18.4 Å². The van der Waals surface area contributed by atoms with Crippen molar-refractivity contribution < 1.29 is 14.3 Å². The van der Waals surface area contributed by atoms with Crippen molar-refractivity contribution in [2.45, 2.75) is 51.4 Å². The Morgan fingerprint density at radius 1 is 0.838 bits per heavy atom. The van der Waals surface area contributed by atoms with Crippen LogP contribution in [-0.2, 0) is 10.2 Å². The molecule has 2 bridgehead atoms. The highest BCUT2D eigenvalue weighted by Crippen LogP contribution is 2.51. The highest BCUT2D eigenvalue weighted by molar-refractivity contribution is 6.08. The summed E-state index contributed by atoms with van der Waals surface area (Å²) in [7, 11) is 1.32. The molecule has 0 heterocycles. The van der Waals surface area contributed by atoms with E-state index in [1.807, 2.05) is 12.1 Å². The Morgan fingerprint density at radius 2 is 1.43 bits per heavy atom. The van der Waals surface area contributed by atoms with Gasteiger partial charge in [0.25, 0.3) is 5.91 Å². The van der Waals surface area contributed by atoms with Crippen LogP contribution in [0.3, 0.4) is 0 Å². The summed E-state index contributed by atoms with van der Waals surface area (Å²) in [5, 5.41) is 6.26. The van der Waals surface area contributed by atoms with Crippen molar-refractivity contribution in [1.29, 1.82) is 0 Å². The van der Waals surface area contributed by atoms with Crippen LogP contribution in [0.5, 0.6) is 0 Å². The minimum absolute atomic E-state index is 0.272. The molecule has 0 saturated heterocycles. The molecule has 3 aromatic carbocycles. The summed E-state index contributed by atoms with van der Waals surface area (Å²) in [5.74, 6) is 1.85. The Morgan fingerprint density at radius 3 is 2.05 bits per heavy atom. The first-order chi connectivity index (χ1) is 17.8. The number of benzene rings is 3. The lowest BCUT2D eigenvalue weighted by molar-refractivity contribution is 0.0602. The van der Waals surface area contributed by atoms with Crippen LogP contribution < -0.4 is 10.6 Å². The van der Waals surface area contributed by atoms with E-state index in [1.165, 1.54) is 44.8 Å². The quantitative estimate of drug-likeness (QED) is 0.345. The predicted molar refractivity (Wildman–Crippen MR) is 148 cm³/mol. The minimum Gasteiger partial charge on any atom is -0.465 e. The van der Waals surface area contributed by atoms with Gasteiger partial charge in [-0.15, -0.1) is 0 Å². The number of ether oxygens (including phenoxy) is 1. The van der Waals surface area contributed by atoms with Crippen molar-refractivity contribution in [2.75, 3.05) is 17.7 Å². The molecular formula is C32H36N2O3. The molecule has 192 valence electrons. The van der Waals surface area contributed by atoms with Gasteiger partial charge in [-0.25, -0.2) is 4.79 Å². The molecule has 3 aromatic rings. The molecule has 5 rings (SSSR count). The predicted octanol–water partition coefficient (Wildman–Crippen LogP) is 7.57. The van der Waals surface area contributed by atoms with Crippen molar-refractivity contribution in [2.24, 2.45) is 17.8 Å². The van der Waals surface area contributed by atoms with E-state index < -0.39 is 5.97 Å². The number of anilines is 3. The van der Waals surface area contributed by atoms with Crippen LogP contribution in [0.4, 0.5) is 17.1 Å². The third kappa shape index (κ3) is 5.56. The number of hydrogen-bond donors (Lipinski definition) is 2. The first-order valence-electron chi connectivity index (χ1n) is 13.3. The number of amides is 1. The number of methoxy groups -OCH3 is 1. The molecule has 2 aliphatic carbocycles. The molecule has 2 fully saturated rings. The summed E-state index contributed by atoms with van der Waals surface area (Å²) in [6.45, 7) is 4.88. The van der Waals surface area contributed by atoms with Crippen LogP contribution in [0.25, 0.3) is 0 Å². The molecule has 2 saturated carbocycles. The lowest BCUT2D eigenvalue weighted by Crippen LogP contribution is -2.38. The first kappa shape index (κ1) is 25.1. The van der Waals surface area contributed by atoms with Gasteiger partial charge in [0.2, 0.25) is 0 Å². The van der Waals surface area contributed by atoms with Crippen molar-refractivity contribution in [3.8, 4) is 0 Å². The van der Waals surface area contributed by atoms with Crippen LogP contribution in [0.1, 0.15) is 72.2 Å². The highest BCUT2D eigenvalue weighted by Gasteiger charge is 2.41. The summed E-state index contributed by atoms with van der Waals surface area (Å²) in [4.78, 5) is 24.7. The summed E-state index contributed by atoms with van der Waals surface area (Å²) in [5.41, 5.74) is 4.90. The molecule has 37 heavy (non-hydrogen) atoms. The summed E-state index contributed by atoms with van der Waals surface area (Å²) in [6.07, 6.45) is 6.79. The molecule has 2 aliphatic rings. The second kappa shape index (κ2) is 10.4. The van der Waals surface area contributed by atoms with Crippen molar-refractivity contribution in [1.82, 2.24) is 0 Å². The Labute approximate surface area is 219 Å². The maximum atomic E-state index is 12.8. The number of fused-ring (bicyclic) bond motifs is 2. The van der Waals surface area contributed by atoms with Gasteiger partial charge in [-0.1, -0.05) is 38.1 Å². The van der Waals surface area contributed by atoms with Gasteiger partial charge in [0.1, 0.15) is 0 Å². The number of carbonyl (C=O) groups excluding carboxylic acids is 2. The largest absolute Gasteiger partial charge is 0.465 e. The summed E-state index contributed by atoms with van der Waals surface area (Å²) < 4.78 is 4.81. The molecule has 2 N–H and O–H groups in total. The lowest BCUT2D eigenvalue weighted by atomic mass is 9.57. The first-order valence-corrected chi connectivity index (χ1v) is 13.3. The SMILES string of the molecule is COC(=O)c1ccccc1NC(=O)c1ccc(Nc2ccc(C3(C)CC4CC(C)CC(C4)C3)cc2)cc1. The van der Waals surface area contributed by atoms with E-state index in [0.29, 0.717) is 16.8 Å². The average Bonchev–Trinajstić information content (AvgIpc) is 2.88. The van der Waals surface area contributed by atoms with Gasteiger partial charge < -0.3 is 15.4 Å². The molecule has 1 amide bonds. The number of hydrogen-bond acceptors (Lipinski definition) is 4. The van der Waals surface area contributed by atoms with Gasteiger partial charge in [-0.3, -0.25) is 4.79 Å². The van der Waals surface area contributed by atoms with E-state index in [1.54, 1.807) is 36.4 Å². The Bertz CT molecular complexity index is 1250. The molecule has 0 spiro atoms. The summed E-state index contributed by atoms with van der Waals surface area (Å²) >= 11 is 0. The summed E-state index contributed by atoms with van der Waals surface area (Å²) in [6, 6.07) is 23.0. The van der Waals surface area contributed by atoms with E-state index in [2.05, 4.69) is 48.7 Å². The van der Waals surface area contributed by atoms with Crippen LogP contribution in [0, 0.1) is 17.8 Å². The fraction of sp³-hybridized carbons (Fsp3) is 0.375. The number of para-hydroxylation sites is 1. The number of esters is 1. The van der Waals surface area contributed by atoms with Gasteiger partial charge in [0.15, 0.2) is 0 Å². The van der Waals surface area contributed by atoms with Gasteiger partial charge in [0, 0.05) is 16.9 Å². The monoisotopic (exact) mass is 496 g/mol. The van der Waals surface area contributed by atoms with Gasteiger partial charge in [-0.05, 0) is 109 Å². The molecule has 5 heteroatoms. The highest BCUT2D eigenvalue weighted by atomic mass is 16.5. The average molecular weight is 497 g/mol. The molecule has 5 nitrogen and oxygen atoms in total. The molecule has 0 aromatic heterocycles. The van der Waals surface area contributed by atoms with E-state index in [0.717, 1.165) is 29.1 Å². The molecular weight excluding hydrogens is 460 g/mol. The zero-order valence-corrected chi connectivity index (χ0v) is 21.9. The van der Waals surface area contributed by atoms with Crippen LogP contribution in [0.2, 0.25) is 0 Å². The molecule has 0 aliphatic heterocycles. The smallest absolute Gasteiger partial charge is 0.339 e. The second-order valence-electron chi connectivity index (χ2n) is 11.3. The fourth-order valence-electron chi connectivity index (χ4n) is 6.73. The third-order valence-electron chi connectivity index (χ3n) is 8.21. The van der Waals surface area contributed by atoms with E-state index in [4.69, 9.17) is 4.74 Å². The van der Waals surface area contributed by atoms with E-state index in [-0.39, 0.29) is 11.3 Å². The normalized spacial score (nSPS) is 24.7. The minimum atomic E-state index is -0.489. The molecule has 2 atom stereocenters. The van der Waals surface area contributed by atoms with E-state index >= 15 is 0 Å². The maximum absolute atomic E-state index is 12.8. The Kier molecular flexibility index (Phi) is 7.05. The van der Waals surface area contributed by atoms with Crippen LogP contribution >= 0.6 is 0 Å². The lowest BCUT2D eigenvalue weighted by Gasteiger charge is -2.47. The zero-order chi connectivity index (χ0) is 26.0. The number of carbonyl (C=O) groups is 2. The van der Waals surface area contributed by atoms with E-state index in [9.17, 15) is 9.59 Å². The van der Waals surface area contributed by atoms with Crippen LogP contribution in [-0.4, -0.2) is 19.0 Å². The maximum Gasteiger partial charge on any atom is 0.339 e. The number of nitrogens with one attached hydrogen (secondary N) is 2. The fourth-order valence-corrected chi connectivity index (χ4v) is 6.73.